The summed E-state index contributed by atoms with van der Waals surface area (Å²) in [6.45, 7) is 3.42. The third kappa shape index (κ3) is 3.97. The molecule has 0 bridgehead atoms. The van der Waals surface area contributed by atoms with Gasteiger partial charge in [0.1, 0.15) is 5.76 Å². The summed E-state index contributed by atoms with van der Waals surface area (Å²) in [6, 6.07) is 3.66. The lowest BCUT2D eigenvalue weighted by Crippen LogP contribution is -2.57. The maximum absolute atomic E-state index is 11.8. The smallest absolute Gasteiger partial charge is 0.309 e. The number of hydrogen-bond donors (Lipinski definition) is 1. The molecule has 0 aromatic carbocycles. The SMILES string of the molecule is CS(=O)(=O)N1CCN2CC(C(=O)O)CN(Cc3ccco3)CC2C1. The van der Waals surface area contributed by atoms with Gasteiger partial charge in [-0.2, -0.15) is 4.31 Å². The van der Waals surface area contributed by atoms with Gasteiger partial charge < -0.3 is 9.52 Å². The monoisotopic (exact) mass is 357 g/mol. The molecule has 2 unspecified atom stereocenters. The van der Waals surface area contributed by atoms with Gasteiger partial charge in [-0.05, 0) is 12.1 Å². The Kier molecular flexibility index (Phi) is 4.95. The number of aliphatic carboxylic acids is 1. The van der Waals surface area contributed by atoms with E-state index in [0.29, 0.717) is 45.8 Å². The molecule has 0 saturated carbocycles. The van der Waals surface area contributed by atoms with Crippen molar-refractivity contribution in [2.75, 3.05) is 45.5 Å². The number of fused-ring (bicyclic) bond motifs is 1. The fraction of sp³-hybridized carbons (Fsp3) is 0.667. The van der Waals surface area contributed by atoms with E-state index in [4.69, 9.17) is 4.42 Å². The Hall–Kier alpha value is -1.42. The molecule has 8 nitrogen and oxygen atoms in total. The van der Waals surface area contributed by atoms with Gasteiger partial charge in [0.05, 0.1) is 25.0 Å². The minimum atomic E-state index is -3.23. The number of hydrogen-bond acceptors (Lipinski definition) is 6. The first-order valence-electron chi connectivity index (χ1n) is 7.99. The van der Waals surface area contributed by atoms with Gasteiger partial charge in [0.2, 0.25) is 10.0 Å². The van der Waals surface area contributed by atoms with Crippen LogP contribution in [0.1, 0.15) is 5.76 Å². The van der Waals surface area contributed by atoms with E-state index in [1.54, 1.807) is 12.3 Å². The average Bonchev–Trinajstić information content (AvgIpc) is 2.92. The van der Waals surface area contributed by atoms with Crippen LogP contribution in [0.3, 0.4) is 0 Å². The van der Waals surface area contributed by atoms with Crippen molar-refractivity contribution in [3.63, 3.8) is 0 Å². The second kappa shape index (κ2) is 6.83. The average molecular weight is 357 g/mol. The largest absolute Gasteiger partial charge is 0.481 e. The Labute approximate surface area is 141 Å². The standard InChI is InChI=1S/C15H23N3O5S/c1-24(21,22)18-5-4-17-8-12(15(19)20)7-16(9-13(17)10-18)11-14-3-2-6-23-14/h2-3,6,12-13H,4-5,7-11H2,1H3,(H,19,20). The predicted octanol–water partition coefficient (Wildman–Crippen LogP) is -0.258. The van der Waals surface area contributed by atoms with Crippen LogP contribution in [0.25, 0.3) is 0 Å². The Morgan fingerprint density at radius 2 is 2.08 bits per heavy atom. The summed E-state index contributed by atoms with van der Waals surface area (Å²) in [4.78, 5) is 15.7. The van der Waals surface area contributed by atoms with Crippen LogP contribution in [-0.4, -0.2) is 85.2 Å². The summed E-state index contributed by atoms with van der Waals surface area (Å²) in [6.07, 6.45) is 2.82. The van der Waals surface area contributed by atoms with Crippen molar-refractivity contribution in [1.29, 1.82) is 0 Å². The van der Waals surface area contributed by atoms with Crippen LogP contribution in [0.2, 0.25) is 0 Å². The number of furan rings is 1. The molecule has 1 N–H and O–H groups in total. The van der Waals surface area contributed by atoms with Crippen molar-refractivity contribution < 1.29 is 22.7 Å². The van der Waals surface area contributed by atoms with E-state index in [1.807, 2.05) is 11.0 Å². The van der Waals surface area contributed by atoms with Gasteiger partial charge in [-0.15, -0.1) is 0 Å². The molecule has 3 rings (SSSR count). The fourth-order valence-corrected chi connectivity index (χ4v) is 4.37. The first-order valence-corrected chi connectivity index (χ1v) is 9.84. The molecule has 1 aromatic rings. The number of piperazine rings is 1. The van der Waals surface area contributed by atoms with Crippen LogP contribution in [-0.2, 0) is 21.4 Å². The van der Waals surface area contributed by atoms with E-state index >= 15 is 0 Å². The van der Waals surface area contributed by atoms with Gasteiger partial charge in [0.25, 0.3) is 0 Å². The fourth-order valence-electron chi connectivity index (χ4n) is 3.51. The van der Waals surface area contributed by atoms with Crippen LogP contribution in [0, 0.1) is 5.92 Å². The van der Waals surface area contributed by atoms with E-state index in [0.717, 1.165) is 5.76 Å². The molecule has 1 aromatic heterocycles. The molecular formula is C15H23N3O5S. The zero-order valence-electron chi connectivity index (χ0n) is 13.7. The lowest BCUT2D eigenvalue weighted by atomic mass is 10.1. The number of nitrogens with zero attached hydrogens (tertiary/aromatic N) is 3. The van der Waals surface area contributed by atoms with E-state index in [2.05, 4.69) is 4.90 Å². The number of rotatable bonds is 4. The molecule has 0 radical (unpaired) electrons. The molecule has 0 aliphatic carbocycles. The van der Waals surface area contributed by atoms with Gasteiger partial charge in [-0.25, -0.2) is 8.42 Å². The first-order chi connectivity index (χ1) is 11.3. The molecule has 24 heavy (non-hydrogen) atoms. The van der Waals surface area contributed by atoms with Gasteiger partial charge in [-0.3, -0.25) is 14.6 Å². The zero-order valence-corrected chi connectivity index (χ0v) is 14.5. The van der Waals surface area contributed by atoms with Crippen molar-refractivity contribution in [2.24, 2.45) is 5.92 Å². The maximum atomic E-state index is 11.8. The van der Waals surface area contributed by atoms with E-state index in [1.165, 1.54) is 10.6 Å². The lowest BCUT2D eigenvalue weighted by molar-refractivity contribution is -0.142. The summed E-state index contributed by atoms with van der Waals surface area (Å²) in [5.41, 5.74) is 0. The van der Waals surface area contributed by atoms with Crippen molar-refractivity contribution in [3.8, 4) is 0 Å². The molecule has 2 atom stereocenters. The molecule has 0 amide bonds. The summed E-state index contributed by atoms with van der Waals surface area (Å²) in [5.74, 6) is -0.524. The molecule has 9 heteroatoms. The highest BCUT2D eigenvalue weighted by Gasteiger charge is 2.38. The summed E-state index contributed by atoms with van der Waals surface area (Å²) >= 11 is 0. The molecule has 2 aliphatic heterocycles. The summed E-state index contributed by atoms with van der Waals surface area (Å²) in [5, 5.41) is 9.50. The Morgan fingerprint density at radius 1 is 1.29 bits per heavy atom. The topological polar surface area (TPSA) is 94.3 Å². The Morgan fingerprint density at radius 3 is 2.71 bits per heavy atom. The molecule has 0 spiro atoms. The summed E-state index contributed by atoms with van der Waals surface area (Å²) < 4.78 is 30.5. The van der Waals surface area contributed by atoms with Crippen molar-refractivity contribution >= 4 is 16.0 Å². The Balaban J connectivity index is 1.77. The van der Waals surface area contributed by atoms with Crippen LogP contribution < -0.4 is 0 Å². The minimum Gasteiger partial charge on any atom is -0.481 e. The van der Waals surface area contributed by atoms with Crippen LogP contribution in [0.4, 0.5) is 0 Å². The first kappa shape index (κ1) is 17.4. The molecule has 2 fully saturated rings. The van der Waals surface area contributed by atoms with Crippen LogP contribution in [0.5, 0.6) is 0 Å². The number of carboxylic acid groups (broad SMARTS) is 1. The number of sulfonamides is 1. The molecular weight excluding hydrogens is 334 g/mol. The van der Waals surface area contributed by atoms with Crippen LogP contribution >= 0.6 is 0 Å². The minimum absolute atomic E-state index is 0.00668. The van der Waals surface area contributed by atoms with E-state index < -0.39 is 21.9 Å². The number of carbonyl (C=O) groups is 1. The molecule has 3 heterocycles. The second-order valence-electron chi connectivity index (χ2n) is 6.58. The van der Waals surface area contributed by atoms with Gasteiger partial charge in [0.15, 0.2) is 0 Å². The maximum Gasteiger partial charge on any atom is 0.309 e. The highest BCUT2D eigenvalue weighted by Crippen LogP contribution is 2.21. The molecule has 2 saturated heterocycles. The molecule has 134 valence electrons. The zero-order chi connectivity index (χ0) is 17.3. The Bertz CT molecular complexity index is 675. The van der Waals surface area contributed by atoms with E-state index in [9.17, 15) is 18.3 Å². The summed E-state index contributed by atoms with van der Waals surface area (Å²) in [7, 11) is -3.23. The lowest BCUT2D eigenvalue weighted by Gasteiger charge is -2.40. The molecule has 2 aliphatic rings. The highest BCUT2D eigenvalue weighted by molar-refractivity contribution is 7.88. The van der Waals surface area contributed by atoms with Crippen molar-refractivity contribution in [3.05, 3.63) is 24.2 Å². The second-order valence-corrected chi connectivity index (χ2v) is 8.56. The van der Waals surface area contributed by atoms with Crippen LogP contribution in [0.15, 0.2) is 22.8 Å². The van der Waals surface area contributed by atoms with Gasteiger partial charge in [0, 0.05) is 45.3 Å². The predicted molar refractivity (Wildman–Crippen MR) is 86.9 cm³/mol. The van der Waals surface area contributed by atoms with Crippen molar-refractivity contribution in [2.45, 2.75) is 12.6 Å². The van der Waals surface area contributed by atoms with Gasteiger partial charge >= 0.3 is 5.97 Å². The quantitative estimate of drug-likeness (QED) is 0.793. The van der Waals surface area contributed by atoms with Gasteiger partial charge in [-0.1, -0.05) is 0 Å². The highest BCUT2D eigenvalue weighted by atomic mass is 32.2. The van der Waals surface area contributed by atoms with E-state index in [-0.39, 0.29) is 6.04 Å². The number of carboxylic acids is 1. The van der Waals surface area contributed by atoms with Crippen molar-refractivity contribution in [1.82, 2.24) is 14.1 Å². The third-order valence-corrected chi connectivity index (χ3v) is 6.02. The third-order valence-electron chi connectivity index (χ3n) is 4.75. The normalized spacial score (nSPS) is 27.5.